The van der Waals surface area contributed by atoms with E-state index in [9.17, 15) is 0 Å². The van der Waals surface area contributed by atoms with E-state index in [1.165, 1.54) is 6.21 Å². The summed E-state index contributed by atoms with van der Waals surface area (Å²) in [4.78, 5) is 0. The monoisotopic (exact) mass is 308 g/mol. The molecule has 0 fully saturated rings. The van der Waals surface area contributed by atoms with E-state index in [1.54, 1.807) is 14.1 Å². The second kappa shape index (κ2) is 9.46. The van der Waals surface area contributed by atoms with Gasteiger partial charge in [-0.05, 0) is 0 Å². The third-order valence-electron chi connectivity index (χ3n) is 1.24. The second-order valence-corrected chi connectivity index (χ2v) is 3.50. The van der Waals surface area contributed by atoms with Crippen molar-refractivity contribution in [2.75, 3.05) is 14.1 Å². The number of rotatable bonds is 4. The van der Waals surface area contributed by atoms with Crippen LogP contribution in [0.15, 0.2) is 10.2 Å². The molecule has 94 valence electrons. The van der Waals surface area contributed by atoms with Gasteiger partial charge < -0.3 is 0 Å². The Morgan fingerprint density at radius 2 is 1.75 bits per heavy atom. The molecule has 0 saturated heterocycles. The topological polar surface area (TPSA) is 72.8 Å². The average molecular weight is 309 g/mol. The van der Waals surface area contributed by atoms with Gasteiger partial charge in [0.05, 0.1) is 0 Å². The van der Waals surface area contributed by atoms with E-state index in [2.05, 4.69) is 31.7 Å². The van der Waals surface area contributed by atoms with Gasteiger partial charge in [-0.25, -0.2) is 0 Å². The fraction of sp³-hybridized carbons (Fsp3) is 0.429. The van der Waals surface area contributed by atoms with Crippen LogP contribution in [0.5, 0.6) is 0 Å². The molecule has 0 saturated carbocycles. The zero-order chi connectivity index (χ0) is 12.4. The summed E-state index contributed by atoms with van der Waals surface area (Å²) in [5.74, 6) is 0. The van der Waals surface area contributed by atoms with Gasteiger partial charge in [0.15, 0.2) is 0 Å². The van der Waals surface area contributed by atoms with Crippen LogP contribution in [0.1, 0.15) is 0 Å². The Morgan fingerprint density at radius 1 is 1.19 bits per heavy atom. The summed E-state index contributed by atoms with van der Waals surface area (Å²) >= 11 is 14.7. The molecule has 4 N–H and O–H groups in total. The first kappa shape index (κ1) is 15.2. The van der Waals surface area contributed by atoms with Crippen LogP contribution >= 0.6 is 24.4 Å². The van der Waals surface area contributed by atoms with Crippen LogP contribution in [0.3, 0.4) is 0 Å². The molecule has 0 aromatic rings. The maximum absolute atomic E-state index is 5.01. The van der Waals surface area contributed by atoms with Gasteiger partial charge in [0.25, 0.3) is 0 Å². The molecule has 0 aliphatic heterocycles. The average Bonchev–Trinajstić information content (AvgIpc) is 2.32. The van der Waals surface area contributed by atoms with Crippen molar-refractivity contribution in [3.63, 3.8) is 0 Å². The predicted octanol–water partition coefficient (Wildman–Crippen LogP) is -0.519. The van der Waals surface area contributed by atoms with E-state index in [4.69, 9.17) is 40.4 Å². The summed E-state index contributed by atoms with van der Waals surface area (Å²) in [7, 11) is 3.39. The predicted molar refractivity (Wildman–Crippen MR) is 70.3 cm³/mol. The van der Waals surface area contributed by atoms with E-state index in [1.807, 2.05) is 0 Å². The van der Waals surface area contributed by atoms with Crippen LogP contribution in [0, 0.1) is 0 Å². The zero-order valence-electron chi connectivity index (χ0n) is 8.80. The van der Waals surface area contributed by atoms with Gasteiger partial charge in [0.2, 0.25) is 0 Å². The Balaban J connectivity index is 4.18. The van der Waals surface area contributed by atoms with Crippen LogP contribution in [0.25, 0.3) is 0 Å². The first-order chi connectivity index (χ1) is 7.63. The minimum atomic E-state index is 0.295. The molecule has 0 bridgehead atoms. The molecule has 16 heavy (non-hydrogen) atoms. The molecule has 0 atom stereocenters. The number of thiocarbonyl (C=S) groups is 2. The van der Waals surface area contributed by atoms with Gasteiger partial charge >= 0.3 is 114 Å². The van der Waals surface area contributed by atoms with Crippen LogP contribution in [0.4, 0.5) is 0 Å². The standard InChI is InChI=1S/C7H13N6S2.Cu/c1-5(11-13-7(15)9-3)4-10-12-6(14)8-2;/h4H,1H2,2-3H3,(H2,8,12,14)(H2,9,13,15);. The number of nitrogens with zero attached hydrogens (tertiary/aromatic N) is 2. The summed E-state index contributed by atoms with van der Waals surface area (Å²) in [5, 5.41) is 14.3. The van der Waals surface area contributed by atoms with Crippen molar-refractivity contribution in [2.45, 2.75) is 5.32 Å². The van der Waals surface area contributed by atoms with Gasteiger partial charge in [0, 0.05) is 0 Å². The van der Waals surface area contributed by atoms with Gasteiger partial charge in [-0.1, -0.05) is 0 Å². The third-order valence-corrected chi connectivity index (χ3v) is 2.18. The van der Waals surface area contributed by atoms with Crippen molar-refractivity contribution in [3.8, 4) is 0 Å². The van der Waals surface area contributed by atoms with Crippen molar-refractivity contribution in [3.05, 3.63) is 0 Å². The van der Waals surface area contributed by atoms with E-state index in [0.29, 0.717) is 21.3 Å². The summed E-state index contributed by atoms with van der Waals surface area (Å²) in [6.45, 7) is 0. The normalized spacial score (nSPS) is 11.1. The van der Waals surface area contributed by atoms with Crippen LogP contribution in [0.2, 0.25) is 5.32 Å². The number of hydrogen-bond acceptors (Lipinski definition) is 4. The van der Waals surface area contributed by atoms with Crippen LogP contribution < -0.4 is 21.5 Å². The van der Waals surface area contributed by atoms with Crippen molar-refractivity contribution in [2.24, 2.45) is 10.2 Å². The summed E-state index contributed by atoms with van der Waals surface area (Å²) in [6.07, 6.45) is 1.47. The molecule has 0 radical (unpaired) electrons. The third kappa shape index (κ3) is 7.52. The second-order valence-electron chi connectivity index (χ2n) is 2.35. The Hall–Kier alpha value is -0.761. The first-order valence-corrected chi connectivity index (χ1v) is 5.68. The number of hydrazone groups is 2. The molecule has 0 amide bonds. The molecule has 6 nitrogen and oxygen atoms in total. The number of hydrogen-bond donors (Lipinski definition) is 4. The van der Waals surface area contributed by atoms with Gasteiger partial charge in [-0.3, -0.25) is 0 Å². The molecule has 0 unspecified atom stereocenters. The van der Waals surface area contributed by atoms with E-state index < -0.39 is 0 Å². The zero-order valence-corrected chi connectivity index (χ0v) is 11.4. The molecule has 0 aromatic heterocycles. The molecule has 0 rings (SSSR count). The Labute approximate surface area is 114 Å². The molecule has 9 heteroatoms. The van der Waals surface area contributed by atoms with Gasteiger partial charge in [-0.15, -0.1) is 0 Å². The van der Waals surface area contributed by atoms with Gasteiger partial charge in [-0.2, -0.15) is 0 Å². The molecule has 0 heterocycles. The first-order valence-electron chi connectivity index (χ1n) is 4.19. The van der Waals surface area contributed by atoms with Crippen molar-refractivity contribution in [1.29, 1.82) is 0 Å². The van der Waals surface area contributed by atoms with Crippen molar-refractivity contribution >= 4 is 46.6 Å². The molecular formula is C7H13CuN6S2. The summed E-state index contributed by atoms with van der Waals surface area (Å²) in [5.41, 5.74) is 5.75. The molecular weight excluding hydrogens is 296 g/mol. The Morgan fingerprint density at radius 3 is 2.25 bits per heavy atom. The molecule has 0 aliphatic carbocycles. The Kier molecular flexibility index (Phi) is 9.01. The SMILES string of the molecule is CNC(=S)NN=CC([CH2][Cu])=NNC(=S)NC. The van der Waals surface area contributed by atoms with Crippen LogP contribution in [-0.4, -0.2) is 36.2 Å². The molecule has 0 aromatic carbocycles. The van der Waals surface area contributed by atoms with Gasteiger partial charge in [0.1, 0.15) is 0 Å². The van der Waals surface area contributed by atoms with E-state index >= 15 is 0 Å². The van der Waals surface area contributed by atoms with Crippen LogP contribution in [-0.2, 0) is 16.0 Å². The molecule has 0 aliphatic rings. The van der Waals surface area contributed by atoms with E-state index in [0.717, 1.165) is 0 Å². The van der Waals surface area contributed by atoms with Crippen molar-refractivity contribution in [1.82, 2.24) is 21.5 Å². The van der Waals surface area contributed by atoms with Crippen molar-refractivity contribution < 1.29 is 16.0 Å². The van der Waals surface area contributed by atoms with E-state index in [-0.39, 0.29) is 0 Å². The maximum atomic E-state index is 5.01. The minimum absolute atomic E-state index is 0.295. The summed E-state index contributed by atoms with van der Waals surface area (Å²) < 4.78 is 0. The molecule has 0 spiro atoms. The Bertz CT molecular complexity index is 303. The summed E-state index contributed by atoms with van der Waals surface area (Å²) in [6, 6.07) is 0. The quantitative estimate of drug-likeness (QED) is 0.242. The number of nitrogens with one attached hydrogen (secondary N) is 4. The fourth-order valence-electron chi connectivity index (χ4n) is 0.480. The fourth-order valence-corrected chi connectivity index (χ4v) is 0.739.